The van der Waals surface area contributed by atoms with E-state index in [-0.39, 0.29) is 15.7 Å². The third kappa shape index (κ3) is 3.01. The van der Waals surface area contributed by atoms with Crippen molar-refractivity contribution >= 4 is 33.3 Å². The summed E-state index contributed by atoms with van der Waals surface area (Å²) >= 11 is 4.04. The maximum Gasteiger partial charge on any atom is 0.102 e. The molecule has 4 atom stereocenters. The SMILES string of the molecule is CN=[S@](=O)(C[C@@]1(O)C=C[C@H]2C=C[C@H]1CC21SCCS1)c1ccccc1. The quantitative estimate of drug-likeness (QED) is 0.794. The van der Waals surface area contributed by atoms with Gasteiger partial charge in [0.2, 0.25) is 0 Å². The molecular formula is C19H23NO2S3. The summed E-state index contributed by atoms with van der Waals surface area (Å²) < 4.78 is 17.9. The molecule has 1 heterocycles. The van der Waals surface area contributed by atoms with E-state index in [1.165, 1.54) is 11.5 Å². The predicted molar refractivity (Wildman–Crippen MR) is 109 cm³/mol. The first kappa shape index (κ1) is 17.7. The van der Waals surface area contributed by atoms with Crippen LogP contribution >= 0.6 is 23.5 Å². The normalized spacial score (nSPS) is 34.8. The van der Waals surface area contributed by atoms with Gasteiger partial charge in [-0.2, -0.15) is 0 Å². The van der Waals surface area contributed by atoms with Gasteiger partial charge in [0.1, 0.15) is 5.60 Å². The number of hydrogen-bond acceptors (Lipinski definition) is 5. The lowest BCUT2D eigenvalue weighted by atomic mass is 9.82. The Morgan fingerprint density at radius 1 is 1.20 bits per heavy atom. The van der Waals surface area contributed by atoms with Crippen molar-refractivity contribution in [3.05, 3.63) is 54.6 Å². The number of hydrogen-bond donors (Lipinski definition) is 1. The standard InChI is InChI=1S/C19H23NO2S3/c1-20-25(22,17-5-3-2-4-6-17)14-18(21)10-9-15-7-8-16(18)13-19(15)23-11-12-24-19/h2-10,15-16,21H,11-14H2,1H3/t15-,16+,18+,25+/m1/s1. The van der Waals surface area contributed by atoms with Crippen LogP contribution in [0.25, 0.3) is 0 Å². The van der Waals surface area contributed by atoms with E-state index in [0.717, 1.165) is 6.42 Å². The predicted octanol–water partition coefficient (Wildman–Crippen LogP) is 3.81. The summed E-state index contributed by atoms with van der Waals surface area (Å²) in [6, 6.07) is 9.34. The van der Waals surface area contributed by atoms with E-state index in [4.69, 9.17) is 0 Å². The lowest BCUT2D eigenvalue weighted by molar-refractivity contribution is 0.0666. The lowest BCUT2D eigenvalue weighted by Gasteiger charge is -2.40. The number of aliphatic hydroxyl groups is 1. The zero-order valence-electron chi connectivity index (χ0n) is 14.2. The largest absolute Gasteiger partial charge is 0.384 e. The van der Waals surface area contributed by atoms with E-state index in [9.17, 15) is 9.32 Å². The van der Waals surface area contributed by atoms with Crippen molar-refractivity contribution in [2.45, 2.75) is 21.0 Å². The molecule has 3 nitrogen and oxygen atoms in total. The maximum absolute atomic E-state index is 13.5. The Labute approximate surface area is 158 Å². The highest BCUT2D eigenvalue weighted by molar-refractivity contribution is 8.21. The summed E-state index contributed by atoms with van der Waals surface area (Å²) in [6.45, 7) is 0. The van der Waals surface area contributed by atoms with Gasteiger partial charge in [0, 0.05) is 35.3 Å². The van der Waals surface area contributed by atoms with Gasteiger partial charge in [0.15, 0.2) is 0 Å². The Hall–Kier alpha value is -0.690. The molecule has 0 unspecified atom stereocenters. The van der Waals surface area contributed by atoms with Crippen molar-refractivity contribution in [1.82, 2.24) is 0 Å². The van der Waals surface area contributed by atoms with Crippen molar-refractivity contribution in [3.63, 3.8) is 0 Å². The number of rotatable bonds is 3. The Morgan fingerprint density at radius 3 is 2.60 bits per heavy atom. The number of allylic oxidation sites excluding steroid dienone is 2. The number of benzene rings is 1. The van der Waals surface area contributed by atoms with Crippen LogP contribution in [0.1, 0.15) is 6.42 Å². The van der Waals surface area contributed by atoms with Gasteiger partial charge >= 0.3 is 0 Å². The van der Waals surface area contributed by atoms with Crippen LogP contribution in [0.15, 0.2) is 63.9 Å². The van der Waals surface area contributed by atoms with Gasteiger partial charge in [0.25, 0.3) is 0 Å². The lowest BCUT2D eigenvalue weighted by Crippen LogP contribution is -2.44. The highest BCUT2D eigenvalue weighted by atomic mass is 32.2. The van der Waals surface area contributed by atoms with Crippen LogP contribution in [0.3, 0.4) is 0 Å². The molecule has 1 aliphatic heterocycles. The van der Waals surface area contributed by atoms with E-state index in [1.807, 2.05) is 59.9 Å². The van der Waals surface area contributed by atoms with Gasteiger partial charge in [-0.1, -0.05) is 42.5 Å². The van der Waals surface area contributed by atoms with Gasteiger partial charge in [-0.05, 0) is 18.6 Å². The smallest absolute Gasteiger partial charge is 0.102 e. The molecule has 0 amide bonds. The van der Waals surface area contributed by atoms with Crippen LogP contribution in [-0.2, 0) is 9.73 Å². The van der Waals surface area contributed by atoms with Crippen LogP contribution < -0.4 is 0 Å². The molecule has 1 N–H and O–H groups in total. The van der Waals surface area contributed by atoms with E-state index < -0.39 is 15.3 Å². The van der Waals surface area contributed by atoms with Gasteiger partial charge < -0.3 is 5.11 Å². The van der Waals surface area contributed by atoms with Crippen LogP contribution in [0.5, 0.6) is 0 Å². The summed E-state index contributed by atoms with van der Waals surface area (Å²) in [5.41, 5.74) is -1.12. The Balaban J connectivity index is 1.69. The van der Waals surface area contributed by atoms with Crippen LogP contribution in [0, 0.1) is 11.8 Å². The molecule has 3 aliphatic carbocycles. The van der Waals surface area contributed by atoms with Gasteiger partial charge in [-0.25, -0.2) is 8.57 Å². The molecule has 1 fully saturated rings. The molecule has 0 aromatic heterocycles. The van der Waals surface area contributed by atoms with Gasteiger partial charge in [-0.3, -0.25) is 0 Å². The molecule has 2 bridgehead atoms. The van der Waals surface area contributed by atoms with Gasteiger partial charge in [-0.15, -0.1) is 23.5 Å². The highest BCUT2D eigenvalue weighted by Gasteiger charge is 2.51. The Bertz CT molecular complexity index is 820. The van der Waals surface area contributed by atoms with Crippen molar-refractivity contribution in [2.24, 2.45) is 16.2 Å². The third-order valence-electron chi connectivity index (χ3n) is 5.41. The molecule has 4 aliphatic rings. The van der Waals surface area contributed by atoms with Crippen molar-refractivity contribution in [1.29, 1.82) is 0 Å². The average Bonchev–Trinajstić information content (AvgIpc) is 2.99. The third-order valence-corrected chi connectivity index (χ3v) is 11.5. The molecule has 1 aromatic rings. The zero-order valence-corrected chi connectivity index (χ0v) is 16.7. The first-order valence-corrected chi connectivity index (χ1v) is 12.2. The summed E-state index contributed by atoms with van der Waals surface area (Å²) in [5, 5.41) is 11.5. The summed E-state index contributed by atoms with van der Waals surface area (Å²) in [4.78, 5) is 0.696. The number of nitrogens with zero attached hydrogens (tertiary/aromatic N) is 1. The minimum atomic E-state index is -2.66. The molecule has 25 heavy (non-hydrogen) atoms. The second-order valence-electron chi connectivity index (χ2n) is 6.86. The molecule has 134 valence electrons. The monoisotopic (exact) mass is 393 g/mol. The topological polar surface area (TPSA) is 49.7 Å². The van der Waals surface area contributed by atoms with Crippen molar-refractivity contribution < 1.29 is 9.32 Å². The van der Waals surface area contributed by atoms with Crippen LogP contribution in [0.2, 0.25) is 0 Å². The Kier molecular flexibility index (Phi) is 4.59. The Morgan fingerprint density at radius 2 is 1.92 bits per heavy atom. The van der Waals surface area contributed by atoms with Crippen LogP contribution in [0.4, 0.5) is 0 Å². The highest BCUT2D eigenvalue weighted by Crippen LogP contribution is 2.58. The summed E-state index contributed by atoms with van der Waals surface area (Å²) in [7, 11) is -1.07. The first-order chi connectivity index (χ1) is 12.0. The second-order valence-corrected chi connectivity index (χ2v) is 12.4. The fourth-order valence-corrected chi connectivity index (χ4v) is 9.51. The van der Waals surface area contributed by atoms with E-state index in [0.29, 0.717) is 10.8 Å². The molecule has 1 saturated heterocycles. The second kappa shape index (κ2) is 6.48. The fraction of sp³-hybridized carbons (Fsp3) is 0.474. The van der Waals surface area contributed by atoms with Crippen LogP contribution in [-0.4, -0.2) is 43.3 Å². The molecular weight excluding hydrogens is 370 g/mol. The van der Waals surface area contributed by atoms with Gasteiger partial charge in [0.05, 0.1) is 19.6 Å². The first-order valence-electron chi connectivity index (χ1n) is 8.56. The summed E-state index contributed by atoms with van der Waals surface area (Å²) in [6.07, 6.45) is 9.33. The average molecular weight is 394 g/mol. The van der Waals surface area contributed by atoms with Crippen molar-refractivity contribution in [2.75, 3.05) is 24.3 Å². The molecule has 0 saturated carbocycles. The number of fused-ring (bicyclic) bond motifs is 1. The fourth-order valence-electron chi connectivity index (χ4n) is 3.99. The molecule has 1 spiro atoms. The maximum atomic E-state index is 13.5. The number of thioether (sulfide) groups is 2. The molecule has 0 radical (unpaired) electrons. The van der Waals surface area contributed by atoms with E-state index in [1.54, 1.807) is 7.05 Å². The molecule has 6 heteroatoms. The molecule has 5 rings (SSSR count). The van der Waals surface area contributed by atoms with E-state index >= 15 is 0 Å². The summed E-state index contributed by atoms with van der Waals surface area (Å²) in [5.74, 6) is 2.79. The zero-order chi connectivity index (χ0) is 17.5. The van der Waals surface area contributed by atoms with Crippen molar-refractivity contribution in [3.8, 4) is 0 Å². The minimum absolute atomic E-state index is 0.0214. The molecule has 1 aromatic carbocycles. The van der Waals surface area contributed by atoms with E-state index in [2.05, 4.69) is 22.6 Å². The minimum Gasteiger partial charge on any atom is -0.384 e.